The molecule has 2 N–H and O–H groups in total. The van der Waals surface area contributed by atoms with Crippen molar-refractivity contribution < 1.29 is 5.11 Å². The van der Waals surface area contributed by atoms with Crippen LogP contribution in [0.4, 0.5) is 0 Å². The molecule has 5 aromatic rings. The predicted molar refractivity (Wildman–Crippen MR) is 98.1 cm³/mol. The molecule has 0 radical (unpaired) electrons. The van der Waals surface area contributed by atoms with E-state index in [1.54, 1.807) is 12.4 Å². The molecule has 0 atom stereocenters. The lowest BCUT2D eigenvalue weighted by atomic mass is 10.1. The van der Waals surface area contributed by atoms with Gasteiger partial charge in [0, 0.05) is 40.4 Å². The Bertz CT molecular complexity index is 1240. The van der Waals surface area contributed by atoms with E-state index in [0.717, 1.165) is 49.7 Å². The Morgan fingerprint density at radius 1 is 0.800 bits per heavy atom. The number of nitrogens with one attached hydrogen (secondary N) is 1. The minimum atomic E-state index is 0.0275. The van der Waals surface area contributed by atoms with Crippen molar-refractivity contribution in [3.8, 4) is 11.3 Å². The van der Waals surface area contributed by atoms with Crippen LogP contribution in [0.3, 0.4) is 0 Å². The molecule has 0 aliphatic heterocycles. The van der Waals surface area contributed by atoms with E-state index in [2.05, 4.69) is 19.9 Å². The first-order chi connectivity index (χ1) is 12.3. The van der Waals surface area contributed by atoms with Gasteiger partial charge in [0.15, 0.2) is 0 Å². The maximum Gasteiger partial charge on any atom is 0.0943 e. The zero-order chi connectivity index (χ0) is 16.8. The van der Waals surface area contributed by atoms with Crippen molar-refractivity contribution in [1.82, 2.24) is 19.9 Å². The first-order valence-corrected chi connectivity index (χ1v) is 8.05. The topological polar surface area (TPSA) is 74.7 Å². The summed E-state index contributed by atoms with van der Waals surface area (Å²) < 4.78 is 0. The number of aliphatic hydroxyl groups excluding tert-OH is 1. The van der Waals surface area contributed by atoms with Crippen LogP contribution in [0.2, 0.25) is 0 Å². The van der Waals surface area contributed by atoms with Gasteiger partial charge in [0.1, 0.15) is 0 Å². The average molecular weight is 326 g/mol. The first kappa shape index (κ1) is 14.1. The van der Waals surface area contributed by atoms with E-state index < -0.39 is 0 Å². The molecule has 5 heteroatoms. The molecule has 5 rings (SSSR count). The van der Waals surface area contributed by atoms with Crippen LogP contribution in [0, 0.1) is 0 Å². The fraction of sp³-hybridized carbons (Fsp3) is 0.0500. The zero-order valence-corrected chi connectivity index (χ0v) is 13.3. The lowest BCUT2D eigenvalue weighted by Crippen LogP contribution is -1.87. The standard InChI is InChI=1S/C20H14N4O/c25-11-12-1-3-14-15-5-6-23-19(20(15)24-17(14)9-12)13-2-4-16-18(10-13)22-8-7-21-16/h1-10,24-25H,11H2. The molecule has 0 unspecified atom stereocenters. The monoisotopic (exact) mass is 326 g/mol. The Balaban J connectivity index is 1.79. The number of hydrogen-bond donors (Lipinski definition) is 2. The normalized spacial score (nSPS) is 11.6. The smallest absolute Gasteiger partial charge is 0.0943 e. The maximum absolute atomic E-state index is 9.37. The second-order valence-corrected chi connectivity index (χ2v) is 6.01. The van der Waals surface area contributed by atoms with Crippen LogP contribution < -0.4 is 0 Å². The van der Waals surface area contributed by atoms with Crippen LogP contribution in [-0.4, -0.2) is 25.0 Å². The fourth-order valence-electron chi connectivity index (χ4n) is 3.30. The van der Waals surface area contributed by atoms with E-state index in [0.29, 0.717) is 0 Å². The summed E-state index contributed by atoms with van der Waals surface area (Å²) in [5.41, 5.74) is 6.45. The number of fused-ring (bicyclic) bond motifs is 4. The lowest BCUT2D eigenvalue weighted by molar-refractivity contribution is 0.282. The van der Waals surface area contributed by atoms with Gasteiger partial charge in [0.2, 0.25) is 0 Å². The van der Waals surface area contributed by atoms with Crippen LogP contribution in [0.25, 0.3) is 44.1 Å². The summed E-state index contributed by atoms with van der Waals surface area (Å²) in [6.45, 7) is 0.0275. The van der Waals surface area contributed by atoms with Crippen LogP contribution in [0.15, 0.2) is 61.1 Å². The quantitative estimate of drug-likeness (QED) is 0.517. The number of rotatable bonds is 2. The van der Waals surface area contributed by atoms with Crippen molar-refractivity contribution in [2.45, 2.75) is 6.61 Å². The molecule has 0 saturated carbocycles. The van der Waals surface area contributed by atoms with Crippen molar-refractivity contribution in [3.63, 3.8) is 0 Å². The summed E-state index contributed by atoms with van der Waals surface area (Å²) >= 11 is 0. The fourth-order valence-corrected chi connectivity index (χ4v) is 3.30. The van der Waals surface area contributed by atoms with E-state index in [9.17, 15) is 5.11 Å². The average Bonchev–Trinajstić information content (AvgIpc) is 3.05. The maximum atomic E-state index is 9.37. The largest absolute Gasteiger partial charge is 0.392 e. The molecule has 0 fully saturated rings. The molecular weight excluding hydrogens is 312 g/mol. The minimum absolute atomic E-state index is 0.0275. The molecule has 2 aromatic carbocycles. The van der Waals surface area contributed by atoms with Gasteiger partial charge < -0.3 is 10.1 Å². The van der Waals surface area contributed by atoms with Crippen LogP contribution in [0.5, 0.6) is 0 Å². The lowest BCUT2D eigenvalue weighted by Gasteiger charge is -2.04. The van der Waals surface area contributed by atoms with Gasteiger partial charge in [0.25, 0.3) is 0 Å². The Morgan fingerprint density at radius 2 is 1.68 bits per heavy atom. The highest BCUT2D eigenvalue weighted by Gasteiger charge is 2.12. The van der Waals surface area contributed by atoms with E-state index in [-0.39, 0.29) is 6.61 Å². The summed E-state index contributed by atoms with van der Waals surface area (Å²) in [6, 6.07) is 14.0. The van der Waals surface area contributed by atoms with Gasteiger partial charge >= 0.3 is 0 Å². The second kappa shape index (κ2) is 5.36. The van der Waals surface area contributed by atoms with Crippen molar-refractivity contribution in [2.24, 2.45) is 0 Å². The Hall–Kier alpha value is -3.31. The van der Waals surface area contributed by atoms with Crippen LogP contribution in [0.1, 0.15) is 5.56 Å². The van der Waals surface area contributed by atoms with E-state index in [1.807, 2.05) is 48.7 Å². The number of aliphatic hydroxyl groups is 1. The van der Waals surface area contributed by atoms with Crippen molar-refractivity contribution >= 4 is 32.8 Å². The highest BCUT2D eigenvalue weighted by Crippen LogP contribution is 2.32. The van der Waals surface area contributed by atoms with Crippen molar-refractivity contribution in [1.29, 1.82) is 0 Å². The summed E-state index contributed by atoms with van der Waals surface area (Å²) in [4.78, 5) is 16.8. The van der Waals surface area contributed by atoms with E-state index >= 15 is 0 Å². The van der Waals surface area contributed by atoms with Crippen molar-refractivity contribution in [2.75, 3.05) is 0 Å². The minimum Gasteiger partial charge on any atom is -0.392 e. The molecule has 0 aliphatic carbocycles. The number of aromatic amines is 1. The summed E-state index contributed by atoms with van der Waals surface area (Å²) in [7, 11) is 0. The SMILES string of the molecule is OCc1ccc2c(c1)[nH]c1c(-c3ccc4nccnc4c3)nccc12. The Kier molecular flexibility index (Phi) is 3.02. The molecule has 0 bridgehead atoms. The van der Waals surface area contributed by atoms with Gasteiger partial charge in [-0.1, -0.05) is 18.2 Å². The number of pyridine rings is 1. The molecule has 0 saturated heterocycles. The Labute approximate surface area is 143 Å². The van der Waals surface area contributed by atoms with Gasteiger partial charge in [-0.3, -0.25) is 15.0 Å². The zero-order valence-electron chi connectivity index (χ0n) is 13.3. The highest BCUT2D eigenvalue weighted by molar-refractivity contribution is 6.11. The van der Waals surface area contributed by atoms with E-state index in [1.165, 1.54) is 0 Å². The molecule has 3 heterocycles. The third kappa shape index (κ3) is 2.17. The molecule has 0 spiro atoms. The Morgan fingerprint density at radius 3 is 2.56 bits per heavy atom. The van der Waals surface area contributed by atoms with E-state index in [4.69, 9.17) is 0 Å². The summed E-state index contributed by atoms with van der Waals surface area (Å²) in [5, 5.41) is 11.6. The predicted octanol–water partition coefficient (Wildman–Crippen LogP) is 3.82. The number of aromatic nitrogens is 4. The first-order valence-electron chi connectivity index (χ1n) is 8.05. The molecular formula is C20H14N4O. The molecule has 5 nitrogen and oxygen atoms in total. The molecule has 25 heavy (non-hydrogen) atoms. The molecule has 3 aromatic heterocycles. The van der Waals surface area contributed by atoms with Crippen LogP contribution >= 0.6 is 0 Å². The second-order valence-electron chi connectivity index (χ2n) is 6.01. The number of hydrogen-bond acceptors (Lipinski definition) is 4. The highest BCUT2D eigenvalue weighted by atomic mass is 16.3. The summed E-state index contributed by atoms with van der Waals surface area (Å²) in [6.07, 6.45) is 5.21. The number of H-pyrrole nitrogens is 1. The summed E-state index contributed by atoms with van der Waals surface area (Å²) in [5.74, 6) is 0. The number of nitrogens with zero attached hydrogens (tertiary/aromatic N) is 3. The van der Waals surface area contributed by atoms with Crippen LogP contribution in [-0.2, 0) is 6.61 Å². The third-order valence-corrected chi connectivity index (χ3v) is 4.51. The number of benzene rings is 2. The molecule has 0 aliphatic rings. The van der Waals surface area contributed by atoms with Gasteiger partial charge in [0.05, 0.1) is 28.9 Å². The molecule has 120 valence electrons. The van der Waals surface area contributed by atoms with Crippen molar-refractivity contribution in [3.05, 3.63) is 66.6 Å². The molecule has 0 amide bonds. The van der Waals surface area contributed by atoms with Gasteiger partial charge in [-0.25, -0.2) is 0 Å². The van der Waals surface area contributed by atoms with Gasteiger partial charge in [-0.15, -0.1) is 0 Å². The van der Waals surface area contributed by atoms with Gasteiger partial charge in [-0.2, -0.15) is 0 Å². The third-order valence-electron chi connectivity index (χ3n) is 4.51. The van der Waals surface area contributed by atoms with Gasteiger partial charge in [-0.05, 0) is 29.8 Å².